The van der Waals surface area contributed by atoms with Gasteiger partial charge in [0.05, 0.1) is 0 Å². The summed E-state index contributed by atoms with van der Waals surface area (Å²) in [6.07, 6.45) is 0. The van der Waals surface area contributed by atoms with Crippen LogP contribution >= 0.6 is 0 Å². The van der Waals surface area contributed by atoms with Crippen LogP contribution in [-0.4, -0.2) is 16.8 Å². The van der Waals surface area contributed by atoms with Gasteiger partial charge in [-0.1, -0.05) is 0 Å². The minimum atomic E-state index is 0.855. The van der Waals surface area contributed by atoms with E-state index in [4.69, 9.17) is 0 Å². The monoisotopic (exact) mass is 246 g/mol. The van der Waals surface area contributed by atoms with Gasteiger partial charge in [-0.2, -0.15) is 0 Å². The van der Waals surface area contributed by atoms with Crippen LogP contribution in [0, 0.1) is 0 Å². The van der Waals surface area contributed by atoms with Crippen molar-refractivity contribution in [1.82, 2.24) is 2.66 Å². The first-order valence-corrected chi connectivity index (χ1v) is 3.67. The van der Waals surface area contributed by atoms with E-state index in [0.717, 1.165) is 26.4 Å². The quantitative estimate of drug-likeness (QED) is 0.543. The van der Waals surface area contributed by atoms with Crippen LogP contribution in [0.2, 0.25) is 0 Å². The average Bonchev–Trinajstić information content (AvgIpc) is 0.811. The van der Waals surface area contributed by atoms with Crippen LogP contribution in [0.1, 0.15) is 0 Å². The molecule has 0 spiro atoms. The molecule has 2 heteroatoms. The molecule has 0 aromatic carbocycles. The van der Waals surface area contributed by atoms with E-state index in [9.17, 15) is 0 Å². The maximum atomic E-state index is 2.19. The van der Waals surface area contributed by atoms with E-state index < -0.39 is 0 Å². The Hall–Kier alpha value is 0.895. The summed E-state index contributed by atoms with van der Waals surface area (Å²) in [5, 5.41) is 0. The van der Waals surface area contributed by atoms with Crippen molar-refractivity contribution in [2.75, 3.05) is 14.1 Å². The third kappa shape index (κ3) is 13.0. The van der Waals surface area contributed by atoms with Gasteiger partial charge in [0.1, 0.15) is 0 Å². The van der Waals surface area contributed by atoms with Crippen molar-refractivity contribution >= 4 is 0 Å². The maximum absolute atomic E-state index is 2.19. The zero-order valence-electron chi connectivity index (χ0n) is 3.15. The van der Waals surface area contributed by atoms with Crippen LogP contribution in [0.5, 0.6) is 0 Å². The predicted molar refractivity (Wildman–Crippen MR) is 13.7 cm³/mol. The van der Waals surface area contributed by atoms with Gasteiger partial charge in [0, 0.05) is 0 Å². The fourth-order valence-electron chi connectivity index (χ4n) is 0. The normalized spacial score (nSPS) is 9.25. The van der Waals surface area contributed by atoms with Crippen molar-refractivity contribution < 1.29 is 26.4 Å². The Morgan fingerprint density at radius 3 is 1.50 bits per heavy atom. The Morgan fingerprint density at radius 1 is 1.50 bits per heavy atom. The molecule has 0 atom stereocenters. The first kappa shape index (κ1) is 4.90. The van der Waals surface area contributed by atoms with Crippen molar-refractivity contribution in [3.8, 4) is 0 Å². The van der Waals surface area contributed by atoms with Gasteiger partial charge in [0.15, 0.2) is 0 Å². The first-order valence-electron chi connectivity index (χ1n) is 1.21. The summed E-state index contributed by atoms with van der Waals surface area (Å²) in [6, 6.07) is 0. The van der Waals surface area contributed by atoms with E-state index in [1.54, 1.807) is 0 Å². The van der Waals surface area contributed by atoms with E-state index in [2.05, 4.69) is 16.8 Å². The molecule has 0 aromatic rings. The predicted octanol–water partition coefficient (Wildman–Crippen LogP) is 0.00980. The molecule has 0 rings (SSSR count). The standard InChI is InChI=1S/C2H6N.Hg/c1-3-2;/h1-2H3;/q-1;+1. The molecular formula is C2H6HgN. The molecule has 4 heavy (non-hydrogen) atoms. The third-order valence-corrected chi connectivity index (χ3v) is 0. The van der Waals surface area contributed by atoms with Crippen LogP contribution in [0.4, 0.5) is 0 Å². The molecule has 0 N–H and O–H groups in total. The van der Waals surface area contributed by atoms with E-state index in [1.807, 2.05) is 0 Å². The molecule has 0 bridgehead atoms. The molecule has 0 aliphatic carbocycles. The molecule has 0 heterocycles. The van der Waals surface area contributed by atoms with Gasteiger partial charge < -0.3 is 0 Å². The van der Waals surface area contributed by atoms with Crippen LogP contribution < -0.4 is 0 Å². The average molecular weight is 245 g/mol. The zero-order chi connectivity index (χ0) is 3.58. The molecule has 0 amide bonds. The number of nitrogens with zero attached hydrogens (tertiary/aromatic N) is 1. The fourth-order valence-corrected chi connectivity index (χ4v) is 0. The summed E-state index contributed by atoms with van der Waals surface area (Å²) in [7, 11) is 4.17. The summed E-state index contributed by atoms with van der Waals surface area (Å²) in [5.41, 5.74) is 0. The molecule has 21 valence electrons. The molecular weight excluding hydrogens is 239 g/mol. The van der Waals surface area contributed by atoms with E-state index in [-0.39, 0.29) is 0 Å². The Morgan fingerprint density at radius 2 is 1.50 bits per heavy atom. The summed E-state index contributed by atoms with van der Waals surface area (Å²) < 4.78 is 2.19. The second-order valence-electron chi connectivity index (χ2n) is 1.08. The second-order valence-corrected chi connectivity index (χ2v) is 6.00. The topological polar surface area (TPSA) is 3.24 Å². The molecule has 0 radical (unpaired) electrons. The zero-order valence-corrected chi connectivity index (χ0v) is 8.65. The Balaban J connectivity index is 2.32. The fraction of sp³-hybridized carbons (Fsp3) is 1.00. The van der Waals surface area contributed by atoms with Gasteiger partial charge in [0.2, 0.25) is 0 Å². The van der Waals surface area contributed by atoms with Gasteiger partial charge in [-0.15, -0.1) is 0 Å². The van der Waals surface area contributed by atoms with Gasteiger partial charge in [-0.05, 0) is 0 Å². The van der Waals surface area contributed by atoms with Gasteiger partial charge in [0.25, 0.3) is 0 Å². The second kappa shape index (κ2) is 2.15. The molecule has 0 aliphatic rings. The van der Waals surface area contributed by atoms with Crippen LogP contribution in [0.25, 0.3) is 0 Å². The SMILES string of the molecule is C[N](C)[Hg]. The summed E-state index contributed by atoms with van der Waals surface area (Å²) in [4.78, 5) is 0. The van der Waals surface area contributed by atoms with Gasteiger partial charge >= 0.3 is 43.2 Å². The summed E-state index contributed by atoms with van der Waals surface area (Å²) >= 11 is 0.855. The Labute approximate surface area is 43.4 Å². The molecule has 0 unspecified atom stereocenters. The summed E-state index contributed by atoms with van der Waals surface area (Å²) in [5.74, 6) is 0. The van der Waals surface area contributed by atoms with Crippen molar-refractivity contribution in [1.29, 1.82) is 0 Å². The van der Waals surface area contributed by atoms with Crippen LogP contribution in [-0.2, 0) is 26.4 Å². The van der Waals surface area contributed by atoms with Crippen molar-refractivity contribution in [3.63, 3.8) is 0 Å². The van der Waals surface area contributed by atoms with E-state index >= 15 is 0 Å². The van der Waals surface area contributed by atoms with E-state index in [0.29, 0.717) is 0 Å². The van der Waals surface area contributed by atoms with E-state index in [1.165, 1.54) is 0 Å². The van der Waals surface area contributed by atoms with Crippen molar-refractivity contribution in [2.24, 2.45) is 0 Å². The van der Waals surface area contributed by atoms with Gasteiger partial charge in [-0.25, -0.2) is 0 Å². The number of rotatable bonds is 0. The van der Waals surface area contributed by atoms with Crippen molar-refractivity contribution in [2.45, 2.75) is 0 Å². The first-order chi connectivity index (χ1) is 1.73. The molecule has 1 nitrogen and oxygen atoms in total. The Bertz CT molecular complexity index is 10.8. The molecule has 0 saturated carbocycles. The minimum absolute atomic E-state index is 0.855. The Kier molecular flexibility index (Phi) is 2.63. The van der Waals surface area contributed by atoms with Crippen LogP contribution in [0.15, 0.2) is 0 Å². The molecule has 0 aliphatic heterocycles. The third-order valence-electron chi connectivity index (χ3n) is 0. The number of hydrogen-bond donors (Lipinski definition) is 0. The van der Waals surface area contributed by atoms with Crippen LogP contribution in [0.3, 0.4) is 0 Å². The van der Waals surface area contributed by atoms with Gasteiger partial charge in [-0.3, -0.25) is 0 Å². The summed E-state index contributed by atoms with van der Waals surface area (Å²) in [6.45, 7) is 0. The molecule has 0 aromatic heterocycles. The van der Waals surface area contributed by atoms with Crippen molar-refractivity contribution in [3.05, 3.63) is 0 Å². The molecule has 0 fully saturated rings. The molecule has 0 saturated heterocycles. The number of hydrogen-bond acceptors (Lipinski definition) is 1.